The minimum absolute atomic E-state index is 0.0645. The van der Waals surface area contributed by atoms with Crippen LogP contribution in [0.5, 0.6) is 34.5 Å². The van der Waals surface area contributed by atoms with Gasteiger partial charge in [0, 0.05) is 150 Å². The maximum Gasteiger partial charge on any atom is 0.315 e. The summed E-state index contributed by atoms with van der Waals surface area (Å²) >= 11 is 1.91. The number of amides is 4. The van der Waals surface area contributed by atoms with Crippen LogP contribution >= 0.6 is 11.8 Å². The lowest BCUT2D eigenvalue weighted by molar-refractivity contribution is -0.124. The van der Waals surface area contributed by atoms with Crippen LogP contribution < -0.4 is 64.4 Å². The summed E-state index contributed by atoms with van der Waals surface area (Å²) in [6.07, 6.45) is 55.5. The number of urea groups is 1. The van der Waals surface area contributed by atoms with Crippen molar-refractivity contribution in [1.29, 1.82) is 0 Å². The molecule has 3 unspecified atom stereocenters. The van der Waals surface area contributed by atoms with Gasteiger partial charge in [0.25, 0.3) is 11.8 Å². The van der Waals surface area contributed by atoms with Crippen molar-refractivity contribution in [2.75, 3.05) is 192 Å². The number of benzene rings is 2. The monoisotopic (exact) mass is 1760 g/mol. The minimum Gasteiger partial charge on any atom is -0.490 e. The summed E-state index contributed by atoms with van der Waals surface area (Å²) in [5.74, 6) is 21.0. The van der Waals surface area contributed by atoms with E-state index in [0.717, 1.165) is 76.4 Å². The predicted octanol–water partition coefficient (Wildman–Crippen LogP) is 12.5. The number of fused-ring (bicyclic) bond motifs is 1. The molecule has 29 heteroatoms. The normalized spacial score (nSPS) is 16.4. The third kappa shape index (κ3) is 39.1. The van der Waals surface area contributed by atoms with E-state index >= 15 is 0 Å². The molecule has 8 rings (SSSR count). The molecule has 0 radical (unpaired) electrons. The van der Waals surface area contributed by atoms with Crippen molar-refractivity contribution in [3.63, 3.8) is 0 Å². The lowest BCUT2D eigenvalue weighted by atomic mass is 9.90. The number of piperidine rings is 3. The lowest BCUT2D eigenvalue weighted by Crippen LogP contribution is -2.46. The summed E-state index contributed by atoms with van der Waals surface area (Å²) in [6, 6.07) is 6.92. The first-order chi connectivity index (χ1) is 61.9. The first-order valence-corrected chi connectivity index (χ1v) is 47.1. The molecule has 0 bridgehead atoms. The fourth-order valence-corrected chi connectivity index (χ4v) is 16.7. The van der Waals surface area contributed by atoms with Crippen LogP contribution in [-0.2, 0) is 42.7 Å². The molecule has 5 aliphatic rings. The summed E-state index contributed by atoms with van der Waals surface area (Å²) in [6.45, 7) is 11.8. The van der Waals surface area contributed by atoms with Gasteiger partial charge in [-0.3, -0.25) is 19.2 Å². The van der Waals surface area contributed by atoms with Crippen molar-refractivity contribution in [1.82, 2.24) is 36.2 Å². The molecule has 2 aromatic carbocycles. The summed E-state index contributed by atoms with van der Waals surface area (Å²) in [4.78, 5) is 88.7. The van der Waals surface area contributed by atoms with Gasteiger partial charge in [-0.05, 0) is 166 Å². The minimum atomic E-state index is -0.273. The summed E-state index contributed by atoms with van der Waals surface area (Å²) in [5.41, 5.74) is 0.753. The maximum atomic E-state index is 14.5. The quantitative estimate of drug-likeness (QED) is 0.0232. The fraction of sp³-hybridized carbons (Fsp3) is 0.670. The van der Waals surface area contributed by atoms with E-state index < -0.39 is 0 Å². The number of nitrogens with zero attached hydrogens (tertiary/aromatic N) is 6. The molecular formula is C97H138N10O18S. The second-order valence-corrected chi connectivity index (χ2v) is 33.3. The van der Waals surface area contributed by atoms with E-state index in [1.165, 1.54) is 0 Å². The molecule has 5 fully saturated rings. The molecular weight excluding hydrogens is 1630 g/mol. The number of rotatable bonds is 69. The van der Waals surface area contributed by atoms with Gasteiger partial charge in [0.2, 0.25) is 29.3 Å². The highest BCUT2D eigenvalue weighted by Crippen LogP contribution is 2.42. The number of ketones is 2. The van der Waals surface area contributed by atoms with E-state index in [2.05, 4.69) is 71.5 Å². The van der Waals surface area contributed by atoms with Gasteiger partial charge in [-0.15, -0.1) is 74.1 Å². The lowest BCUT2D eigenvalue weighted by Gasteiger charge is -2.36. The average molecular weight is 1760 g/mol. The Kier molecular flexibility index (Phi) is 50.8. The molecule has 0 saturated carbocycles. The third-order valence-corrected chi connectivity index (χ3v) is 23.8. The van der Waals surface area contributed by atoms with Crippen molar-refractivity contribution in [2.45, 2.75) is 235 Å². The van der Waals surface area contributed by atoms with Crippen molar-refractivity contribution < 1.29 is 85.6 Å². The van der Waals surface area contributed by atoms with Crippen LogP contribution in [0.3, 0.4) is 0 Å². The zero-order chi connectivity index (χ0) is 89.1. The number of ether oxygens (including phenoxy) is 13. The number of carbonyl (C=O) groups is 5. The summed E-state index contributed by atoms with van der Waals surface area (Å²) in [7, 11) is 0. The van der Waals surface area contributed by atoms with Gasteiger partial charge in [0.05, 0.1) is 131 Å². The Bertz CT molecular complexity index is 3690. The highest BCUT2D eigenvalue weighted by Gasteiger charge is 2.43. The Balaban J connectivity index is 0.777. The second kappa shape index (κ2) is 62.7. The number of unbranched alkanes of at least 4 members (excludes halogenated alkanes) is 13. The Labute approximate surface area is 753 Å². The molecule has 3 atom stereocenters. The molecule has 5 saturated heterocycles. The van der Waals surface area contributed by atoms with Gasteiger partial charge < -0.3 is 97.5 Å². The number of terminal acetylenes is 6. The fourth-order valence-electron chi connectivity index (χ4n) is 15.1. The summed E-state index contributed by atoms with van der Waals surface area (Å²) < 4.78 is 77.9. The molecule has 5 aliphatic heterocycles. The number of anilines is 3. The van der Waals surface area contributed by atoms with Gasteiger partial charge in [-0.1, -0.05) is 6.42 Å². The number of nitrogens with one attached hydrogen (secondary N) is 4. The van der Waals surface area contributed by atoms with Gasteiger partial charge in [-0.25, -0.2) is 4.79 Å². The Hall–Kier alpha value is -9.37. The molecule has 690 valence electrons. The topological polar surface area (TPSA) is 302 Å². The summed E-state index contributed by atoms with van der Waals surface area (Å²) in [5, 5.41) is 13.1. The molecule has 3 aromatic rings. The van der Waals surface area contributed by atoms with Crippen LogP contribution in [0.25, 0.3) is 0 Å². The number of carbonyl (C=O) groups excluding carboxylic acids is 5. The highest BCUT2D eigenvalue weighted by molar-refractivity contribution is 8.00. The highest BCUT2D eigenvalue weighted by atomic mass is 32.2. The van der Waals surface area contributed by atoms with Gasteiger partial charge in [0.15, 0.2) is 23.0 Å². The second-order valence-electron chi connectivity index (χ2n) is 32.0. The first kappa shape index (κ1) is 102. The van der Waals surface area contributed by atoms with E-state index in [-0.39, 0.29) is 59.5 Å². The van der Waals surface area contributed by atoms with Crippen LogP contribution in [0.4, 0.5) is 22.6 Å². The Morgan fingerprint density at radius 2 is 0.698 bits per heavy atom. The van der Waals surface area contributed by atoms with Crippen molar-refractivity contribution in [2.24, 2.45) is 5.92 Å². The van der Waals surface area contributed by atoms with E-state index in [1.807, 2.05) is 11.8 Å². The number of aromatic nitrogens is 3. The molecule has 126 heavy (non-hydrogen) atoms. The number of Topliss-reactive ketones (excluding diaryl/α,β-unsaturated/α-hetero) is 2. The molecule has 28 nitrogen and oxygen atoms in total. The van der Waals surface area contributed by atoms with E-state index in [9.17, 15) is 24.0 Å². The van der Waals surface area contributed by atoms with Crippen molar-refractivity contribution >= 4 is 59.0 Å². The van der Waals surface area contributed by atoms with E-state index in [0.29, 0.717) is 375 Å². The van der Waals surface area contributed by atoms with Gasteiger partial charge in [0.1, 0.15) is 11.6 Å². The standard InChI is InChI=1S/C97H138N10O18S/c1-7-13-19-27-53-120-84-71-77(72-85(121-54-28-20-14-8-2)90(84)124-57-31-23-17-11-5)92(110)98-79-41-47-106(48-42-79)95-102-94(103-96(104-95)107-49-43-80(44-50-107)99-93(111)78-73-86(122-55-29-21-15-9-3)91(125-58-32-24-18-12-6)87(74-78)123-56-30-22-16-10-4)105-45-39-76(40-46-105)83(109)37-34-52-114-60-62-116-64-66-118-68-70-119-69-67-117-65-63-115-61-59-113-51-33-36-81(108)35-25-26-38-88-89-82(75-126-88)100-97(112)101-89/h1-6,71-74,76,79-80,82,88-89H,13-70,75H2,(H,98,110)(H,99,111)(H2,100,101,112). The van der Waals surface area contributed by atoms with Crippen molar-refractivity contribution in [3.8, 4) is 109 Å². The molecule has 0 spiro atoms. The van der Waals surface area contributed by atoms with Crippen LogP contribution in [0.2, 0.25) is 0 Å². The molecule has 1 aromatic heterocycles. The number of thioether (sulfide) groups is 1. The van der Waals surface area contributed by atoms with Crippen LogP contribution in [-0.4, -0.2) is 251 Å². The van der Waals surface area contributed by atoms with Crippen LogP contribution in [0.1, 0.15) is 226 Å². The maximum absolute atomic E-state index is 14.5. The van der Waals surface area contributed by atoms with Gasteiger partial charge in [-0.2, -0.15) is 26.7 Å². The smallest absolute Gasteiger partial charge is 0.315 e. The molecule has 0 aliphatic carbocycles. The molecule has 6 heterocycles. The number of hydrogen-bond donors (Lipinski definition) is 4. The van der Waals surface area contributed by atoms with Crippen LogP contribution in [0, 0.1) is 80.0 Å². The number of hydrogen-bond acceptors (Lipinski definition) is 25. The van der Waals surface area contributed by atoms with Gasteiger partial charge >= 0.3 is 6.03 Å². The van der Waals surface area contributed by atoms with E-state index in [4.69, 9.17) is 115 Å². The predicted molar refractivity (Wildman–Crippen MR) is 490 cm³/mol. The average Bonchev–Trinajstić information content (AvgIpc) is 1.80. The van der Waals surface area contributed by atoms with Crippen molar-refractivity contribution in [3.05, 3.63) is 35.4 Å². The first-order valence-electron chi connectivity index (χ1n) is 46.1. The largest absolute Gasteiger partial charge is 0.490 e. The third-order valence-electron chi connectivity index (χ3n) is 22.3. The Morgan fingerprint density at radius 3 is 1.05 bits per heavy atom. The Morgan fingerprint density at radius 1 is 0.381 bits per heavy atom. The SMILES string of the molecule is C#CCCCCOc1cc(C(=O)NC2CCN(c3nc(N4CCC(NC(=O)c5cc(OCCCCC#C)c(OCCCCC#C)c(OCCCCC#C)c5)CC4)nc(N4CCC(C(=O)CCCOCCOCCOCCOCCOCCOCCOCCCC(=O)CCCCC5SCC6NC(=O)NC65)CC4)n3)CC2)cc(OCCCCC#C)c1OCCCCC#C. The molecule has 4 N–H and O–H groups in total. The van der Waals surface area contributed by atoms with E-state index in [1.54, 1.807) is 24.3 Å². The molecule has 4 amide bonds. The zero-order valence-corrected chi connectivity index (χ0v) is 75.2. The van der Waals surface area contributed by atoms with Crippen LogP contribution in [0.15, 0.2) is 24.3 Å². The zero-order valence-electron chi connectivity index (χ0n) is 74.4.